The zero-order chi connectivity index (χ0) is 15.4. The Hall–Kier alpha value is -2.00. The minimum atomic E-state index is 0.339. The minimum Gasteiger partial charge on any atom is -0.454 e. The summed E-state index contributed by atoms with van der Waals surface area (Å²) in [5.74, 6) is 1.84. The molecule has 2 aromatic rings. The first-order valence-corrected chi connectivity index (χ1v) is 8.64. The zero-order valence-corrected chi connectivity index (χ0v) is 13.5. The predicted molar refractivity (Wildman–Crippen MR) is 90.0 cm³/mol. The van der Waals surface area contributed by atoms with Crippen LogP contribution in [0.25, 0.3) is 11.1 Å². The summed E-state index contributed by atoms with van der Waals surface area (Å²) in [6.45, 7) is 4.97. The molecule has 0 N–H and O–H groups in total. The van der Waals surface area contributed by atoms with E-state index >= 15 is 0 Å². The van der Waals surface area contributed by atoms with E-state index in [1.165, 1.54) is 47.3 Å². The van der Waals surface area contributed by atoms with Gasteiger partial charge in [-0.25, -0.2) is 0 Å². The summed E-state index contributed by atoms with van der Waals surface area (Å²) < 4.78 is 11.4. The van der Waals surface area contributed by atoms with Gasteiger partial charge in [0, 0.05) is 18.2 Å². The fourth-order valence-corrected chi connectivity index (χ4v) is 4.52. The number of benzene rings is 2. The molecule has 0 spiro atoms. The van der Waals surface area contributed by atoms with Gasteiger partial charge in [0.15, 0.2) is 11.5 Å². The van der Waals surface area contributed by atoms with Gasteiger partial charge in [-0.05, 0) is 54.1 Å². The molecule has 0 aromatic heterocycles. The molecule has 0 radical (unpaired) electrons. The van der Waals surface area contributed by atoms with Crippen LogP contribution in [-0.2, 0) is 12.8 Å². The summed E-state index contributed by atoms with van der Waals surface area (Å²) in [6, 6.07) is 11.6. The fraction of sp³-hybridized carbons (Fsp3) is 0.400. The van der Waals surface area contributed by atoms with Gasteiger partial charge in [0.1, 0.15) is 0 Å². The largest absolute Gasteiger partial charge is 0.454 e. The van der Waals surface area contributed by atoms with Gasteiger partial charge in [0.2, 0.25) is 6.79 Å². The van der Waals surface area contributed by atoms with E-state index in [2.05, 4.69) is 42.2 Å². The predicted octanol–water partition coefficient (Wildman–Crippen LogP) is 3.95. The maximum atomic E-state index is 5.82. The van der Waals surface area contributed by atoms with Crippen molar-refractivity contribution in [2.75, 3.05) is 19.9 Å². The summed E-state index contributed by atoms with van der Waals surface area (Å²) in [7, 11) is 0. The topological polar surface area (TPSA) is 21.7 Å². The molecule has 1 aliphatic carbocycles. The van der Waals surface area contributed by atoms with Crippen LogP contribution in [0.15, 0.2) is 30.3 Å². The second kappa shape index (κ2) is 5.00. The van der Waals surface area contributed by atoms with Crippen molar-refractivity contribution in [1.82, 2.24) is 4.90 Å². The number of fused-ring (bicyclic) bond motifs is 4. The quantitative estimate of drug-likeness (QED) is 0.838. The molecule has 5 rings (SSSR count). The number of hydrogen-bond acceptors (Lipinski definition) is 3. The standard InChI is InChI=1S/C20H21NO2/c1-2-9-21-10-8-13-4-3-5-15-18(13)16(21)11-14-6-7-17-20(19(14)15)23-12-22-17/h3-7,16H,2,8-12H2,1H3. The molecule has 23 heavy (non-hydrogen) atoms. The fourth-order valence-electron chi connectivity index (χ4n) is 4.52. The summed E-state index contributed by atoms with van der Waals surface area (Å²) in [4.78, 5) is 2.67. The Balaban J connectivity index is 1.74. The van der Waals surface area contributed by atoms with Crippen molar-refractivity contribution in [2.24, 2.45) is 0 Å². The molecule has 0 amide bonds. The Morgan fingerprint density at radius 2 is 2.09 bits per heavy atom. The Morgan fingerprint density at radius 1 is 1.13 bits per heavy atom. The minimum absolute atomic E-state index is 0.339. The van der Waals surface area contributed by atoms with Crippen molar-refractivity contribution in [3.05, 3.63) is 47.0 Å². The Labute approximate surface area is 136 Å². The maximum absolute atomic E-state index is 5.82. The van der Waals surface area contributed by atoms with E-state index < -0.39 is 0 Å². The summed E-state index contributed by atoms with van der Waals surface area (Å²) in [6.07, 6.45) is 3.44. The lowest BCUT2D eigenvalue weighted by Gasteiger charge is -2.41. The maximum Gasteiger partial charge on any atom is 0.231 e. The lowest BCUT2D eigenvalue weighted by molar-refractivity contribution is 0.173. The molecule has 2 aliphatic heterocycles. The highest BCUT2D eigenvalue weighted by atomic mass is 16.7. The first kappa shape index (κ1) is 13.4. The van der Waals surface area contributed by atoms with Gasteiger partial charge in [-0.3, -0.25) is 4.90 Å². The van der Waals surface area contributed by atoms with Gasteiger partial charge in [0.25, 0.3) is 0 Å². The van der Waals surface area contributed by atoms with E-state index in [1.807, 2.05) is 0 Å². The van der Waals surface area contributed by atoms with Crippen LogP contribution in [0.4, 0.5) is 0 Å². The van der Waals surface area contributed by atoms with Crippen LogP contribution >= 0.6 is 0 Å². The summed E-state index contributed by atoms with van der Waals surface area (Å²) in [5.41, 5.74) is 7.07. The van der Waals surface area contributed by atoms with Crippen LogP contribution in [0.2, 0.25) is 0 Å². The normalized spacial score (nSPS) is 21.0. The first-order valence-electron chi connectivity index (χ1n) is 8.64. The molecule has 0 fully saturated rings. The molecule has 118 valence electrons. The van der Waals surface area contributed by atoms with E-state index in [-0.39, 0.29) is 0 Å². The highest BCUT2D eigenvalue weighted by Crippen LogP contribution is 2.52. The van der Waals surface area contributed by atoms with Crippen LogP contribution in [0.1, 0.15) is 36.1 Å². The zero-order valence-electron chi connectivity index (χ0n) is 13.5. The second-order valence-corrected chi connectivity index (χ2v) is 6.72. The lowest BCUT2D eigenvalue weighted by atomic mass is 9.76. The first-order chi connectivity index (χ1) is 11.4. The average molecular weight is 307 g/mol. The molecule has 0 saturated carbocycles. The van der Waals surface area contributed by atoms with Gasteiger partial charge in [-0.2, -0.15) is 0 Å². The molecule has 0 bridgehead atoms. The van der Waals surface area contributed by atoms with Gasteiger partial charge < -0.3 is 9.47 Å². The van der Waals surface area contributed by atoms with Crippen LogP contribution in [0, 0.1) is 0 Å². The van der Waals surface area contributed by atoms with Crippen molar-refractivity contribution in [3.8, 4) is 22.6 Å². The second-order valence-electron chi connectivity index (χ2n) is 6.72. The molecule has 3 aliphatic rings. The molecular formula is C20H21NO2. The SMILES string of the molecule is CCCN1CCc2cccc3c2C1Cc1ccc2c(c1-3)OCO2. The molecular weight excluding hydrogens is 286 g/mol. The molecule has 1 atom stereocenters. The van der Waals surface area contributed by atoms with Crippen molar-refractivity contribution in [1.29, 1.82) is 0 Å². The Kier molecular flexibility index (Phi) is 2.92. The Bertz CT molecular complexity index is 783. The highest BCUT2D eigenvalue weighted by molar-refractivity contribution is 5.83. The summed E-state index contributed by atoms with van der Waals surface area (Å²) in [5, 5.41) is 0. The number of ether oxygens (including phenoxy) is 2. The molecule has 2 aromatic carbocycles. The van der Waals surface area contributed by atoms with Gasteiger partial charge in [-0.1, -0.05) is 31.2 Å². The number of nitrogens with zero attached hydrogens (tertiary/aromatic N) is 1. The molecule has 3 nitrogen and oxygen atoms in total. The van der Waals surface area contributed by atoms with Crippen LogP contribution in [0.5, 0.6) is 11.5 Å². The van der Waals surface area contributed by atoms with Crippen molar-refractivity contribution in [3.63, 3.8) is 0 Å². The molecule has 2 heterocycles. The van der Waals surface area contributed by atoms with Crippen molar-refractivity contribution in [2.45, 2.75) is 32.2 Å². The third-order valence-electron chi connectivity index (χ3n) is 5.46. The third-order valence-corrected chi connectivity index (χ3v) is 5.46. The van der Waals surface area contributed by atoms with Crippen molar-refractivity contribution < 1.29 is 9.47 Å². The van der Waals surface area contributed by atoms with Crippen LogP contribution in [-0.4, -0.2) is 24.8 Å². The van der Waals surface area contributed by atoms with E-state index in [1.54, 1.807) is 0 Å². The smallest absolute Gasteiger partial charge is 0.231 e. The van der Waals surface area contributed by atoms with E-state index in [4.69, 9.17) is 9.47 Å². The molecule has 3 heteroatoms. The van der Waals surface area contributed by atoms with Gasteiger partial charge in [0.05, 0.1) is 0 Å². The third kappa shape index (κ3) is 1.86. The summed E-state index contributed by atoms with van der Waals surface area (Å²) >= 11 is 0. The van der Waals surface area contributed by atoms with Crippen molar-refractivity contribution >= 4 is 0 Å². The van der Waals surface area contributed by atoms with Crippen LogP contribution in [0.3, 0.4) is 0 Å². The monoisotopic (exact) mass is 307 g/mol. The van der Waals surface area contributed by atoms with E-state index in [9.17, 15) is 0 Å². The molecule has 0 saturated heterocycles. The highest BCUT2D eigenvalue weighted by Gasteiger charge is 2.36. The number of hydrogen-bond donors (Lipinski definition) is 0. The van der Waals surface area contributed by atoms with Crippen LogP contribution < -0.4 is 9.47 Å². The molecule has 1 unspecified atom stereocenters. The van der Waals surface area contributed by atoms with E-state index in [0.717, 1.165) is 24.3 Å². The number of rotatable bonds is 2. The average Bonchev–Trinajstić information content (AvgIpc) is 3.06. The van der Waals surface area contributed by atoms with E-state index in [0.29, 0.717) is 12.8 Å². The Morgan fingerprint density at radius 3 is 3.00 bits per heavy atom. The lowest BCUT2D eigenvalue weighted by Crippen LogP contribution is -2.38. The van der Waals surface area contributed by atoms with Gasteiger partial charge >= 0.3 is 0 Å². The van der Waals surface area contributed by atoms with Gasteiger partial charge in [-0.15, -0.1) is 0 Å².